The van der Waals surface area contributed by atoms with Gasteiger partial charge in [0.05, 0.1) is 6.04 Å². The molecule has 0 radical (unpaired) electrons. The van der Waals surface area contributed by atoms with Gasteiger partial charge in [0.25, 0.3) is 5.08 Å². The molecule has 1 atom stereocenters. The lowest BCUT2D eigenvalue weighted by atomic mass is 10.2. The van der Waals surface area contributed by atoms with Gasteiger partial charge in [0, 0.05) is 0 Å². The monoisotopic (exact) mass is 319 g/mol. The molecule has 0 fully saturated rings. The van der Waals surface area contributed by atoms with Crippen LogP contribution in [0.1, 0.15) is 33.1 Å². The van der Waals surface area contributed by atoms with E-state index < -0.39 is 26.3 Å². The molecule has 0 aromatic rings. The molecule has 0 aliphatic rings. The van der Waals surface area contributed by atoms with Crippen molar-refractivity contribution in [3.63, 3.8) is 0 Å². The van der Waals surface area contributed by atoms with Gasteiger partial charge >= 0.3 is 15.2 Å². The molecule has 19 heavy (non-hydrogen) atoms. The van der Waals surface area contributed by atoms with Crippen LogP contribution in [0.5, 0.6) is 0 Å². The Morgan fingerprint density at radius 1 is 1.11 bits per heavy atom. The van der Waals surface area contributed by atoms with Gasteiger partial charge in [0.2, 0.25) is 0 Å². The summed E-state index contributed by atoms with van der Waals surface area (Å²) in [6.07, 6.45) is 2.51. The summed E-state index contributed by atoms with van der Waals surface area (Å²) in [7, 11) is -9.36. The molecule has 0 saturated carbocycles. The van der Waals surface area contributed by atoms with Crippen LogP contribution < -0.4 is 0 Å². The number of unbranched alkanes of at least 4 members (excludes halogenated alkanes) is 2. The van der Waals surface area contributed by atoms with Gasteiger partial charge in [-0.1, -0.05) is 19.8 Å². The molecule has 116 valence electrons. The van der Waals surface area contributed by atoms with E-state index in [0.717, 1.165) is 12.8 Å². The Bertz CT molecular complexity index is 355. The Morgan fingerprint density at radius 3 is 1.84 bits per heavy atom. The first-order valence-corrected chi connectivity index (χ1v) is 9.16. The highest BCUT2D eigenvalue weighted by molar-refractivity contribution is 7.72. The molecular formula is C9H23NO7P2. The topological polar surface area (TPSA) is 139 Å². The highest BCUT2D eigenvalue weighted by atomic mass is 31.2. The summed E-state index contributed by atoms with van der Waals surface area (Å²) in [4.78, 5) is 37.8. The lowest BCUT2D eigenvalue weighted by Gasteiger charge is -2.39. The van der Waals surface area contributed by atoms with Crippen molar-refractivity contribution in [3.05, 3.63) is 0 Å². The van der Waals surface area contributed by atoms with Gasteiger partial charge in [0.1, 0.15) is 0 Å². The van der Waals surface area contributed by atoms with E-state index in [0.29, 0.717) is 13.0 Å². The van der Waals surface area contributed by atoms with Crippen molar-refractivity contribution in [2.45, 2.75) is 44.2 Å². The summed E-state index contributed by atoms with van der Waals surface area (Å²) in [5, 5.41) is 6.52. The first-order chi connectivity index (χ1) is 8.39. The lowest BCUT2D eigenvalue weighted by molar-refractivity contribution is 0.0523. The summed E-state index contributed by atoms with van der Waals surface area (Å²) in [6, 6.07) is -1.38. The van der Waals surface area contributed by atoms with Crippen molar-refractivity contribution >= 4 is 15.2 Å². The Balaban J connectivity index is 5.21. The minimum absolute atomic E-state index is 0.372. The molecule has 0 bridgehead atoms. The van der Waals surface area contributed by atoms with Gasteiger partial charge in [-0.15, -0.1) is 0 Å². The predicted molar refractivity (Wildman–Crippen MR) is 70.7 cm³/mol. The predicted octanol–water partition coefficient (Wildman–Crippen LogP) is 0.498. The molecule has 1 unspecified atom stereocenters. The molecule has 0 aromatic heterocycles. The minimum atomic E-state index is -5.41. The second-order valence-electron chi connectivity index (χ2n) is 4.64. The van der Waals surface area contributed by atoms with Crippen LogP contribution in [0.4, 0.5) is 0 Å². The van der Waals surface area contributed by atoms with Crippen molar-refractivity contribution in [3.8, 4) is 0 Å². The fourth-order valence-electron chi connectivity index (χ4n) is 1.76. The first-order valence-electron chi connectivity index (χ1n) is 5.93. The van der Waals surface area contributed by atoms with Gasteiger partial charge in [-0.25, -0.2) is 0 Å². The highest BCUT2D eigenvalue weighted by Crippen LogP contribution is 2.69. The van der Waals surface area contributed by atoms with Gasteiger partial charge in [-0.2, -0.15) is 0 Å². The fraction of sp³-hybridized carbons (Fsp3) is 1.00. The first kappa shape index (κ1) is 19.2. The average Bonchev–Trinajstić information content (AvgIpc) is 2.24. The number of rotatable bonds is 8. The minimum Gasteiger partial charge on any atom is -0.366 e. The summed E-state index contributed by atoms with van der Waals surface area (Å²) >= 11 is 0. The van der Waals surface area contributed by atoms with E-state index in [1.54, 1.807) is 0 Å². The molecule has 0 heterocycles. The Morgan fingerprint density at radius 2 is 1.53 bits per heavy atom. The Labute approximate surface area is 112 Å². The van der Waals surface area contributed by atoms with Crippen LogP contribution in [-0.4, -0.2) is 54.3 Å². The molecule has 0 aromatic carbocycles. The number of aliphatic hydroxyl groups is 1. The molecule has 0 aliphatic carbocycles. The molecule has 10 heteroatoms. The smallest absolute Gasteiger partial charge is 0.366 e. The van der Waals surface area contributed by atoms with Crippen LogP contribution in [0, 0.1) is 0 Å². The molecular weight excluding hydrogens is 296 g/mol. The van der Waals surface area contributed by atoms with Gasteiger partial charge in [-0.3, -0.25) is 14.0 Å². The zero-order valence-electron chi connectivity index (χ0n) is 11.3. The Hall–Kier alpha value is 0.220. The molecule has 8 nitrogen and oxygen atoms in total. The van der Waals surface area contributed by atoms with Crippen LogP contribution in [0.2, 0.25) is 0 Å². The van der Waals surface area contributed by atoms with E-state index >= 15 is 0 Å². The van der Waals surface area contributed by atoms with E-state index in [4.69, 9.17) is 19.6 Å². The van der Waals surface area contributed by atoms with Gasteiger partial charge < -0.3 is 24.7 Å². The largest absolute Gasteiger partial charge is 0.371 e. The summed E-state index contributed by atoms with van der Waals surface area (Å²) in [5.74, 6) is 0. The fourth-order valence-corrected chi connectivity index (χ4v) is 4.48. The van der Waals surface area contributed by atoms with Crippen LogP contribution in [-0.2, 0) is 9.13 Å². The van der Waals surface area contributed by atoms with Gasteiger partial charge in [-0.05, 0) is 26.9 Å². The van der Waals surface area contributed by atoms with Crippen LogP contribution in [0.15, 0.2) is 0 Å². The third-order valence-corrected chi connectivity index (χ3v) is 7.22. The molecule has 0 aliphatic heterocycles. The van der Waals surface area contributed by atoms with E-state index in [1.165, 1.54) is 18.9 Å². The Kier molecular flexibility index (Phi) is 6.86. The van der Waals surface area contributed by atoms with Crippen LogP contribution in [0.3, 0.4) is 0 Å². The zero-order valence-corrected chi connectivity index (χ0v) is 13.1. The molecule has 0 rings (SSSR count). The summed E-state index contributed by atoms with van der Waals surface area (Å²) < 4.78 is 22.6. The quantitative estimate of drug-likeness (QED) is 0.322. The highest BCUT2D eigenvalue weighted by Gasteiger charge is 2.63. The van der Waals surface area contributed by atoms with Crippen LogP contribution in [0.25, 0.3) is 0 Å². The van der Waals surface area contributed by atoms with Crippen molar-refractivity contribution in [2.24, 2.45) is 0 Å². The second kappa shape index (κ2) is 6.78. The van der Waals surface area contributed by atoms with E-state index in [-0.39, 0.29) is 0 Å². The van der Waals surface area contributed by atoms with Crippen molar-refractivity contribution in [1.82, 2.24) is 4.90 Å². The SMILES string of the molecule is CCCCCN(C)C(C)C(O)(P(=O)(O)O)P(=O)(O)O. The molecule has 5 N–H and O–H groups in total. The normalized spacial score (nSPS) is 15.8. The third kappa shape index (κ3) is 4.34. The number of hydrogen-bond donors (Lipinski definition) is 5. The molecule has 0 amide bonds. The maximum Gasteiger partial charge on any atom is 0.371 e. The van der Waals surface area contributed by atoms with E-state index in [1.807, 2.05) is 6.92 Å². The maximum atomic E-state index is 11.3. The van der Waals surface area contributed by atoms with Gasteiger partial charge in [0.15, 0.2) is 0 Å². The number of nitrogens with zero attached hydrogens (tertiary/aromatic N) is 1. The summed E-state index contributed by atoms with van der Waals surface area (Å²) in [6.45, 7) is 3.53. The van der Waals surface area contributed by atoms with Crippen LogP contribution >= 0.6 is 15.2 Å². The third-order valence-electron chi connectivity index (χ3n) is 3.19. The van der Waals surface area contributed by atoms with E-state index in [9.17, 15) is 14.2 Å². The van der Waals surface area contributed by atoms with Crippen molar-refractivity contribution < 1.29 is 33.8 Å². The number of likely N-dealkylation sites (N-methyl/N-ethyl adjacent to an activating group) is 1. The van der Waals surface area contributed by atoms with E-state index in [2.05, 4.69) is 0 Å². The second-order valence-corrected chi connectivity index (χ2v) is 8.53. The number of hydrogen-bond acceptors (Lipinski definition) is 4. The summed E-state index contributed by atoms with van der Waals surface area (Å²) in [5.41, 5.74) is 0. The average molecular weight is 319 g/mol. The maximum absolute atomic E-state index is 11.3. The van der Waals surface area contributed by atoms with Crippen molar-refractivity contribution in [1.29, 1.82) is 0 Å². The lowest BCUT2D eigenvalue weighted by Crippen LogP contribution is -2.49. The molecule has 0 saturated heterocycles. The zero-order chi connectivity index (χ0) is 15.5. The van der Waals surface area contributed by atoms with Crippen molar-refractivity contribution in [2.75, 3.05) is 13.6 Å². The molecule has 0 spiro atoms. The standard InChI is InChI=1S/C9H23NO7P2/c1-4-5-6-7-10(3)8(2)9(11,18(12,13)14)19(15,16)17/h8,11H,4-7H2,1-3H3,(H2,12,13,14)(H2,15,16,17).